The van der Waals surface area contributed by atoms with Gasteiger partial charge in [-0.3, -0.25) is 15.0 Å². The molecule has 7 heteroatoms. The molecule has 68 heavy (non-hydrogen) atoms. The van der Waals surface area contributed by atoms with Crippen molar-refractivity contribution in [2.24, 2.45) is 0 Å². The number of para-hydroxylation sites is 1. The molecule has 0 saturated heterocycles. The average Bonchev–Trinajstić information content (AvgIpc) is 4.00. The van der Waals surface area contributed by atoms with E-state index in [1.54, 1.807) is 12.1 Å². The molecule has 343 valence electrons. The summed E-state index contributed by atoms with van der Waals surface area (Å²) in [6.07, 6.45) is 1.81. The fraction of sp³-hybridized carbons (Fsp3) is 0.246. The molecule has 11 rings (SSSR count). The van der Waals surface area contributed by atoms with Crippen molar-refractivity contribution in [1.82, 2.24) is 24.5 Å². The van der Waals surface area contributed by atoms with Gasteiger partial charge in [0.25, 0.3) is 0 Å². The summed E-state index contributed by atoms with van der Waals surface area (Å²) >= 11 is 0. The van der Waals surface area contributed by atoms with Crippen LogP contribution >= 0.6 is 0 Å². The summed E-state index contributed by atoms with van der Waals surface area (Å²) in [4.78, 5) is 19.2. The smallest absolute Gasteiger partial charge is 0.216 e. The molecule has 1 aliphatic carbocycles. The van der Waals surface area contributed by atoms with Gasteiger partial charge in [-0.15, -0.1) is 53.6 Å². The summed E-state index contributed by atoms with van der Waals surface area (Å²) < 4.78 is 60.8. The summed E-state index contributed by atoms with van der Waals surface area (Å²) in [7, 11) is 0. The van der Waals surface area contributed by atoms with Gasteiger partial charge in [0.15, 0.2) is 0 Å². The van der Waals surface area contributed by atoms with Gasteiger partial charge in [0.1, 0.15) is 0 Å². The second-order valence-corrected chi connectivity index (χ2v) is 19.7. The number of aryl methyl sites for hydroxylation is 2. The minimum Gasteiger partial charge on any atom is -0.486 e. The molecule has 0 amide bonds. The Morgan fingerprint density at radius 1 is 0.721 bits per heavy atom. The first-order chi connectivity index (χ1) is 34.5. The Balaban J connectivity index is 0.000000338. The van der Waals surface area contributed by atoms with Gasteiger partial charge in [-0.1, -0.05) is 147 Å². The summed E-state index contributed by atoms with van der Waals surface area (Å²) in [6, 6.07) is 47.7. The third-order valence-corrected chi connectivity index (χ3v) is 13.1. The normalized spacial score (nSPS) is 14.6. The second-order valence-electron chi connectivity index (χ2n) is 19.7. The van der Waals surface area contributed by atoms with Crippen LogP contribution in [-0.4, -0.2) is 24.5 Å². The monoisotopic (exact) mass is 1070 g/mol. The standard InChI is InChI=1S/C47H42N3O.C14H15N2.Ir/c1-26(2)34-23-31(30-16-10-9-11-17-30)24-35(27(3)4)43(34)50-42-29(6)15-14-20-39(42)48-45(50)33-22-21-28(5)40-36-25-38-41(49-46(36)51-44(33)40)32-18-12-13-19-37(32)47(38,7)8;1-14(2,3)12-9-10-15-13(16-12)11-7-5-4-6-8-11;/h9-21,23-27H,1-8H3;4-7,9-10H,1-3H3;/q2*-1;/i5D3,6D3;;. The molecule has 6 nitrogen and oxygen atoms in total. The molecule has 0 N–H and O–H groups in total. The molecule has 0 aliphatic heterocycles. The number of furan rings is 1. The van der Waals surface area contributed by atoms with Gasteiger partial charge in [0.2, 0.25) is 5.71 Å². The number of aromatic nitrogens is 5. The third-order valence-electron chi connectivity index (χ3n) is 13.1. The summed E-state index contributed by atoms with van der Waals surface area (Å²) in [6.45, 7) is 14.3. The van der Waals surface area contributed by atoms with Crippen LogP contribution in [0.2, 0.25) is 0 Å². The van der Waals surface area contributed by atoms with Crippen molar-refractivity contribution in [2.45, 2.75) is 98.7 Å². The fourth-order valence-corrected chi connectivity index (χ4v) is 9.54. The largest absolute Gasteiger partial charge is 0.486 e. The molecule has 1 radical (unpaired) electrons. The van der Waals surface area contributed by atoms with Crippen LogP contribution in [-0.2, 0) is 30.9 Å². The zero-order chi connectivity index (χ0) is 51.9. The van der Waals surface area contributed by atoms with Crippen LogP contribution in [0.1, 0.15) is 121 Å². The van der Waals surface area contributed by atoms with Crippen LogP contribution < -0.4 is 0 Å². The van der Waals surface area contributed by atoms with Crippen LogP contribution in [0.5, 0.6) is 0 Å². The van der Waals surface area contributed by atoms with Gasteiger partial charge < -0.3 is 8.98 Å². The average molecular weight is 1070 g/mol. The van der Waals surface area contributed by atoms with E-state index >= 15 is 0 Å². The first-order valence-electron chi connectivity index (χ1n) is 26.0. The molecule has 0 atom stereocenters. The van der Waals surface area contributed by atoms with Gasteiger partial charge >= 0.3 is 0 Å². The van der Waals surface area contributed by atoms with Crippen molar-refractivity contribution in [3.8, 4) is 50.8 Å². The first-order valence-corrected chi connectivity index (χ1v) is 23.0. The Morgan fingerprint density at radius 3 is 2.13 bits per heavy atom. The Bertz CT molecular complexity index is 3710. The molecule has 0 fully saturated rings. The van der Waals surface area contributed by atoms with Gasteiger partial charge in [0, 0.05) is 67.7 Å². The molecule has 4 aromatic heterocycles. The van der Waals surface area contributed by atoms with Crippen LogP contribution in [0.3, 0.4) is 0 Å². The van der Waals surface area contributed by atoms with E-state index in [9.17, 15) is 0 Å². The van der Waals surface area contributed by atoms with Crippen LogP contribution in [0, 0.1) is 25.8 Å². The number of benzene rings is 6. The molecule has 0 saturated carbocycles. The van der Waals surface area contributed by atoms with Crippen molar-refractivity contribution in [1.29, 1.82) is 0 Å². The fourth-order valence-electron chi connectivity index (χ4n) is 9.54. The Hall–Kier alpha value is -6.53. The summed E-state index contributed by atoms with van der Waals surface area (Å²) in [5, 5.41) is 1.01. The molecule has 0 bridgehead atoms. The maximum absolute atomic E-state index is 8.69. The van der Waals surface area contributed by atoms with Crippen molar-refractivity contribution >= 4 is 33.1 Å². The van der Waals surface area contributed by atoms with Gasteiger partial charge in [-0.05, 0) is 88.0 Å². The number of fused-ring (bicyclic) bond motifs is 7. The maximum Gasteiger partial charge on any atom is 0.216 e. The molecule has 4 heterocycles. The SMILES string of the molecule is CC(C)(C)c1ccnc(-c2[c-]cccc2)n1.[2H]C([2H])([2H])c1c[c-]c(-c2nc3cccc(C([2H])([2H])[2H])c3n2-c2c(C(C)C)cc(-c3ccccc3)cc2C(C)C)c2oc3nc4c(cc3c12)C(C)(C)c1ccccc1-4.[Ir]. The van der Waals surface area contributed by atoms with Gasteiger partial charge in [0.05, 0.1) is 34.0 Å². The quantitative estimate of drug-likeness (QED) is 0.155. The first kappa shape index (κ1) is 39.5. The molecule has 1 aliphatic rings. The van der Waals surface area contributed by atoms with E-state index in [-0.39, 0.29) is 59.5 Å². The summed E-state index contributed by atoms with van der Waals surface area (Å²) in [5.74, 6) is 1.19. The number of nitrogens with zero attached hydrogens (tertiary/aromatic N) is 5. The van der Waals surface area contributed by atoms with Crippen LogP contribution in [0.15, 0.2) is 138 Å². The number of rotatable bonds is 6. The predicted molar refractivity (Wildman–Crippen MR) is 276 cm³/mol. The molecular weight excluding hydrogens is 1010 g/mol. The predicted octanol–water partition coefficient (Wildman–Crippen LogP) is 15.9. The Labute approximate surface area is 422 Å². The topological polar surface area (TPSA) is 69.6 Å². The minimum absolute atomic E-state index is 0. The minimum atomic E-state index is -2.50. The van der Waals surface area contributed by atoms with Crippen LogP contribution in [0.4, 0.5) is 0 Å². The van der Waals surface area contributed by atoms with E-state index in [0.717, 1.165) is 67.4 Å². The van der Waals surface area contributed by atoms with E-state index in [1.807, 2.05) is 83.6 Å². The van der Waals surface area contributed by atoms with Gasteiger partial charge in [-0.25, -0.2) is 4.98 Å². The maximum atomic E-state index is 8.69. The Morgan fingerprint density at radius 2 is 1.44 bits per heavy atom. The van der Waals surface area contributed by atoms with E-state index in [2.05, 4.69) is 121 Å². The zero-order valence-electron chi connectivity index (χ0n) is 45.8. The third kappa shape index (κ3) is 7.99. The van der Waals surface area contributed by atoms with E-state index in [0.29, 0.717) is 38.9 Å². The van der Waals surface area contributed by atoms with E-state index in [4.69, 9.17) is 22.6 Å². The molecular formula is C61H57IrN5O-2. The molecule has 0 unspecified atom stereocenters. The molecule has 6 aromatic carbocycles. The number of imidazole rings is 1. The van der Waals surface area contributed by atoms with E-state index < -0.39 is 13.7 Å². The van der Waals surface area contributed by atoms with Crippen molar-refractivity contribution in [3.05, 3.63) is 185 Å². The number of hydrogen-bond donors (Lipinski definition) is 0. The van der Waals surface area contributed by atoms with Crippen molar-refractivity contribution < 1.29 is 32.7 Å². The molecule has 0 spiro atoms. The van der Waals surface area contributed by atoms with Crippen molar-refractivity contribution in [2.75, 3.05) is 0 Å². The number of pyridine rings is 1. The second kappa shape index (κ2) is 17.8. The zero-order valence-corrected chi connectivity index (χ0v) is 42.2. The Kier molecular flexibility index (Phi) is 10.4. The van der Waals surface area contributed by atoms with Crippen LogP contribution in [0.25, 0.3) is 83.9 Å². The van der Waals surface area contributed by atoms with E-state index in [1.165, 1.54) is 6.07 Å². The summed E-state index contributed by atoms with van der Waals surface area (Å²) in [5.41, 5.74) is 12.8. The van der Waals surface area contributed by atoms with Crippen molar-refractivity contribution in [3.63, 3.8) is 0 Å². The molecule has 10 aromatic rings. The number of hydrogen-bond acceptors (Lipinski definition) is 5. The van der Waals surface area contributed by atoms with Gasteiger partial charge in [-0.2, -0.15) is 0 Å².